The summed E-state index contributed by atoms with van der Waals surface area (Å²) in [5.74, 6) is 1.51. The van der Waals surface area contributed by atoms with Crippen LogP contribution in [0.3, 0.4) is 0 Å². The van der Waals surface area contributed by atoms with E-state index in [0.717, 1.165) is 22.4 Å². The van der Waals surface area contributed by atoms with E-state index in [-0.39, 0.29) is 5.78 Å². The maximum atomic E-state index is 12.3. The molecule has 1 aliphatic carbocycles. The molecule has 0 N–H and O–H groups in total. The first-order chi connectivity index (χ1) is 9.13. The predicted octanol–water partition coefficient (Wildman–Crippen LogP) is 4.17. The van der Waals surface area contributed by atoms with Gasteiger partial charge in [-0.05, 0) is 43.9 Å². The van der Waals surface area contributed by atoms with Crippen LogP contribution in [0.15, 0.2) is 12.1 Å². The van der Waals surface area contributed by atoms with Gasteiger partial charge in [0.1, 0.15) is 5.75 Å². The normalized spacial score (nSPS) is 15.7. The van der Waals surface area contributed by atoms with Crippen molar-refractivity contribution in [2.24, 2.45) is 0 Å². The van der Waals surface area contributed by atoms with E-state index in [1.807, 2.05) is 37.7 Å². The van der Waals surface area contributed by atoms with E-state index in [9.17, 15) is 4.79 Å². The van der Waals surface area contributed by atoms with Crippen LogP contribution in [0.1, 0.15) is 47.2 Å². The zero-order valence-electron chi connectivity index (χ0n) is 12.0. The number of thioether (sulfide) groups is 1. The number of Topliss-reactive ketones (excluding diaryl/α,β-unsaturated/α-hetero) is 1. The van der Waals surface area contributed by atoms with E-state index < -0.39 is 0 Å². The molecule has 0 amide bonds. The van der Waals surface area contributed by atoms with Crippen LogP contribution in [-0.2, 0) is 0 Å². The highest BCUT2D eigenvalue weighted by atomic mass is 32.2. The summed E-state index contributed by atoms with van der Waals surface area (Å²) in [7, 11) is 1.64. The number of aryl methyl sites for hydroxylation is 1. The molecule has 0 radical (unpaired) electrons. The van der Waals surface area contributed by atoms with Crippen LogP contribution >= 0.6 is 11.8 Å². The van der Waals surface area contributed by atoms with Gasteiger partial charge >= 0.3 is 0 Å². The average molecular weight is 278 g/mol. The molecule has 0 aromatic heterocycles. The van der Waals surface area contributed by atoms with Crippen molar-refractivity contribution < 1.29 is 9.53 Å². The summed E-state index contributed by atoms with van der Waals surface area (Å²) in [5.41, 5.74) is 2.96. The number of carbonyl (C=O) groups excluding carboxylic acids is 1. The lowest BCUT2D eigenvalue weighted by Gasteiger charge is -2.13. The van der Waals surface area contributed by atoms with Crippen molar-refractivity contribution in [1.29, 1.82) is 0 Å². The molecule has 1 aromatic rings. The second kappa shape index (κ2) is 6.47. The first-order valence-electron chi connectivity index (χ1n) is 6.92. The molecule has 3 heteroatoms. The maximum absolute atomic E-state index is 12.3. The molecule has 0 spiro atoms. The predicted molar refractivity (Wildman–Crippen MR) is 81.5 cm³/mol. The lowest BCUT2D eigenvalue weighted by atomic mass is 10.0. The monoisotopic (exact) mass is 278 g/mol. The lowest BCUT2D eigenvalue weighted by molar-refractivity contribution is 0.101. The van der Waals surface area contributed by atoms with Gasteiger partial charge in [-0.3, -0.25) is 4.79 Å². The number of ether oxygens (including phenoxy) is 1. The standard InChI is InChI=1S/C16H22O2S/c1-11-8-9-14(16(18-3)12(11)2)15(17)10-19-13-6-4-5-7-13/h8-9,13H,4-7,10H2,1-3H3. The Morgan fingerprint density at radius 3 is 2.63 bits per heavy atom. The largest absolute Gasteiger partial charge is 0.496 e. The van der Waals surface area contributed by atoms with Gasteiger partial charge in [-0.15, -0.1) is 0 Å². The molecule has 1 saturated carbocycles. The number of ketones is 1. The van der Waals surface area contributed by atoms with E-state index in [1.165, 1.54) is 25.7 Å². The third-order valence-electron chi connectivity index (χ3n) is 3.93. The molecule has 1 aliphatic rings. The fourth-order valence-electron chi connectivity index (χ4n) is 2.60. The fraction of sp³-hybridized carbons (Fsp3) is 0.562. The van der Waals surface area contributed by atoms with Crippen molar-refractivity contribution >= 4 is 17.5 Å². The molecule has 19 heavy (non-hydrogen) atoms. The van der Waals surface area contributed by atoms with E-state index in [2.05, 4.69) is 0 Å². The Bertz CT molecular complexity index is 462. The molecule has 0 aliphatic heterocycles. The zero-order chi connectivity index (χ0) is 13.8. The molecule has 1 fully saturated rings. The average Bonchev–Trinajstić information content (AvgIpc) is 2.92. The first kappa shape index (κ1) is 14.4. The summed E-state index contributed by atoms with van der Waals surface area (Å²) >= 11 is 1.81. The van der Waals surface area contributed by atoms with Crippen LogP contribution in [0.2, 0.25) is 0 Å². The number of methoxy groups -OCH3 is 1. The Labute approximate surface area is 119 Å². The molecule has 0 bridgehead atoms. The summed E-state index contributed by atoms with van der Waals surface area (Å²) in [4.78, 5) is 12.3. The summed E-state index contributed by atoms with van der Waals surface area (Å²) in [6, 6.07) is 3.91. The highest BCUT2D eigenvalue weighted by molar-refractivity contribution is 8.00. The number of hydrogen-bond acceptors (Lipinski definition) is 3. The summed E-state index contributed by atoms with van der Waals surface area (Å²) in [6.07, 6.45) is 5.17. The minimum absolute atomic E-state index is 0.192. The van der Waals surface area contributed by atoms with Gasteiger partial charge in [-0.25, -0.2) is 0 Å². The van der Waals surface area contributed by atoms with Crippen molar-refractivity contribution in [3.63, 3.8) is 0 Å². The Morgan fingerprint density at radius 2 is 2.00 bits per heavy atom. The van der Waals surface area contributed by atoms with Crippen molar-refractivity contribution in [3.05, 3.63) is 28.8 Å². The molecule has 0 saturated heterocycles. The van der Waals surface area contributed by atoms with E-state index in [1.54, 1.807) is 7.11 Å². The van der Waals surface area contributed by atoms with Gasteiger partial charge in [-0.1, -0.05) is 18.9 Å². The van der Waals surface area contributed by atoms with Crippen LogP contribution in [0.25, 0.3) is 0 Å². The summed E-state index contributed by atoms with van der Waals surface area (Å²) < 4.78 is 5.42. The van der Waals surface area contributed by atoms with E-state index in [4.69, 9.17) is 4.74 Å². The highest BCUT2D eigenvalue weighted by Crippen LogP contribution is 2.32. The molecular formula is C16H22O2S. The van der Waals surface area contributed by atoms with Crippen molar-refractivity contribution in [3.8, 4) is 5.75 Å². The van der Waals surface area contributed by atoms with Gasteiger partial charge in [0.2, 0.25) is 0 Å². The Balaban J connectivity index is 2.07. The number of carbonyl (C=O) groups is 1. The maximum Gasteiger partial charge on any atom is 0.176 e. The molecular weight excluding hydrogens is 256 g/mol. The Kier molecular flexibility index (Phi) is 4.92. The van der Waals surface area contributed by atoms with Gasteiger partial charge in [0.25, 0.3) is 0 Å². The quantitative estimate of drug-likeness (QED) is 0.756. The van der Waals surface area contributed by atoms with Gasteiger partial charge in [-0.2, -0.15) is 11.8 Å². The summed E-state index contributed by atoms with van der Waals surface area (Å²) in [6.45, 7) is 4.05. The van der Waals surface area contributed by atoms with Crippen LogP contribution in [0, 0.1) is 13.8 Å². The molecule has 2 nitrogen and oxygen atoms in total. The van der Waals surface area contributed by atoms with Crippen molar-refractivity contribution in [2.45, 2.75) is 44.8 Å². The van der Waals surface area contributed by atoms with Gasteiger partial charge < -0.3 is 4.74 Å². The minimum atomic E-state index is 0.192. The van der Waals surface area contributed by atoms with Crippen LogP contribution in [0.4, 0.5) is 0 Å². The van der Waals surface area contributed by atoms with Gasteiger partial charge in [0.05, 0.1) is 18.4 Å². The first-order valence-corrected chi connectivity index (χ1v) is 7.97. The topological polar surface area (TPSA) is 26.3 Å². The van der Waals surface area contributed by atoms with E-state index >= 15 is 0 Å². The second-order valence-corrected chi connectivity index (χ2v) is 6.52. The Hall–Kier alpha value is -0.960. The van der Waals surface area contributed by atoms with Gasteiger partial charge in [0, 0.05) is 5.25 Å². The number of benzene rings is 1. The zero-order valence-corrected chi connectivity index (χ0v) is 12.8. The van der Waals surface area contributed by atoms with Crippen molar-refractivity contribution in [2.75, 3.05) is 12.9 Å². The third-order valence-corrected chi connectivity index (χ3v) is 5.31. The van der Waals surface area contributed by atoms with Crippen LogP contribution < -0.4 is 4.74 Å². The molecule has 0 atom stereocenters. The molecule has 2 rings (SSSR count). The third kappa shape index (κ3) is 3.33. The fourth-order valence-corrected chi connectivity index (χ4v) is 3.81. The SMILES string of the molecule is COc1c(C(=O)CSC2CCCC2)ccc(C)c1C. The molecule has 1 aromatic carbocycles. The molecule has 104 valence electrons. The van der Waals surface area contributed by atoms with Crippen LogP contribution in [-0.4, -0.2) is 23.9 Å². The highest BCUT2D eigenvalue weighted by Gasteiger charge is 2.20. The number of rotatable bonds is 5. The Morgan fingerprint density at radius 1 is 1.32 bits per heavy atom. The smallest absolute Gasteiger partial charge is 0.176 e. The number of hydrogen-bond donors (Lipinski definition) is 0. The lowest BCUT2D eigenvalue weighted by Crippen LogP contribution is -2.09. The minimum Gasteiger partial charge on any atom is -0.496 e. The molecule has 0 unspecified atom stereocenters. The van der Waals surface area contributed by atoms with Crippen molar-refractivity contribution in [1.82, 2.24) is 0 Å². The molecule has 0 heterocycles. The van der Waals surface area contributed by atoms with E-state index in [0.29, 0.717) is 11.0 Å². The van der Waals surface area contributed by atoms with Gasteiger partial charge in [0.15, 0.2) is 5.78 Å². The second-order valence-electron chi connectivity index (χ2n) is 5.23. The van der Waals surface area contributed by atoms with Crippen LogP contribution in [0.5, 0.6) is 5.75 Å². The summed E-state index contributed by atoms with van der Waals surface area (Å²) in [5, 5.41) is 0.682.